The van der Waals surface area contributed by atoms with Crippen LogP contribution in [0.4, 0.5) is 0 Å². The summed E-state index contributed by atoms with van der Waals surface area (Å²) in [5.41, 5.74) is 2.61. The minimum absolute atomic E-state index is 0.465. The fraction of sp³-hybridized carbons (Fsp3) is 0.429. The second kappa shape index (κ2) is 9.99. The molecule has 0 aliphatic carbocycles. The van der Waals surface area contributed by atoms with E-state index in [4.69, 9.17) is 9.47 Å². The van der Waals surface area contributed by atoms with Gasteiger partial charge in [0.25, 0.3) is 0 Å². The number of aryl methyl sites for hydroxylation is 1. The van der Waals surface area contributed by atoms with E-state index in [1.807, 2.05) is 19.9 Å². The lowest BCUT2D eigenvalue weighted by Crippen LogP contribution is -2.26. The summed E-state index contributed by atoms with van der Waals surface area (Å²) in [4.78, 5) is 0. The molecular formula is C21H29NO2. The maximum atomic E-state index is 5.69. The van der Waals surface area contributed by atoms with Crippen LogP contribution in [0.2, 0.25) is 0 Å². The van der Waals surface area contributed by atoms with E-state index < -0.39 is 0 Å². The molecule has 2 rings (SSSR count). The largest absolute Gasteiger partial charge is 0.490 e. The molecular weight excluding hydrogens is 298 g/mol. The van der Waals surface area contributed by atoms with Gasteiger partial charge >= 0.3 is 0 Å². The summed E-state index contributed by atoms with van der Waals surface area (Å²) in [6.07, 6.45) is 2.22. The average molecular weight is 327 g/mol. The summed E-state index contributed by atoms with van der Waals surface area (Å²) < 4.78 is 11.3. The Labute approximate surface area is 146 Å². The van der Waals surface area contributed by atoms with Gasteiger partial charge in [-0.1, -0.05) is 36.4 Å². The lowest BCUT2D eigenvalue weighted by molar-refractivity contribution is 0.287. The van der Waals surface area contributed by atoms with Gasteiger partial charge in [-0.25, -0.2) is 0 Å². The molecule has 1 N–H and O–H groups in total. The monoisotopic (exact) mass is 327 g/mol. The number of ether oxygens (including phenoxy) is 2. The van der Waals surface area contributed by atoms with Gasteiger partial charge in [-0.3, -0.25) is 0 Å². The molecule has 2 aromatic rings. The molecule has 0 spiro atoms. The minimum atomic E-state index is 0.465. The van der Waals surface area contributed by atoms with E-state index in [0.29, 0.717) is 19.3 Å². The van der Waals surface area contributed by atoms with Gasteiger partial charge in [-0.2, -0.15) is 0 Å². The third kappa shape index (κ3) is 5.89. The van der Waals surface area contributed by atoms with Crippen molar-refractivity contribution >= 4 is 0 Å². The van der Waals surface area contributed by atoms with Crippen molar-refractivity contribution in [1.29, 1.82) is 0 Å². The van der Waals surface area contributed by atoms with Gasteiger partial charge in [-0.05, 0) is 56.9 Å². The predicted molar refractivity (Wildman–Crippen MR) is 99.8 cm³/mol. The van der Waals surface area contributed by atoms with Gasteiger partial charge in [-0.15, -0.1) is 0 Å². The summed E-state index contributed by atoms with van der Waals surface area (Å²) >= 11 is 0. The van der Waals surface area contributed by atoms with Crippen LogP contribution in [0.5, 0.6) is 11.5 Å². The van der Waals surface area contributed by atoms with Crippen molar-refractivity contribution < 1.29 is 9.47 Å². The van der Waals surface area contributed by atoms with E-state index in [0.717, 1.165) is 30.9 Å². The Morgan fingerprint density at radius 3 is 2.29 bits per heavy atom. The first kappa shape index (κ1) is 18.3. The minimum Gasteiger partial charge on any atom is -0.490 e. The van der Waals surface area contributed by atoms with Crippen LogP contribution < -0.4 is 14.8 Å². The first-order valence-corrected chi connectivity index (χ1v) is 8.88. The number of hydrogen-bond donors (Lipinski definition) is 1. The van der Waals surface area contributed by atoms with Crippen LogP contribution in [-0.2, 0) is 13.0 Å². The zero-order valence-electron chi connectivity index (χ0n) is 15.0. The highest BCUT2D eigenvalue weighted by Crippen LogP contribution is 2.28. The van der Waals surface area contributed by atoms with Crippen molar-refractivity contribution in [2.24, 2.45) is 0 Å². The molecule has 0 bridgehead atoms. The molecule has 0 saturated carbocycles. The zero-order chi connectivity index (χ0) is 17.2. The van der Waals surface area contributed by atoms with Gasteiger partial charge < -0.3 is 14.8 Å². The van der Waals surface area contributed by atoms with E-state index in [2.05, 4.69) is 54.7 Å². The molecule has 1 atom stereocenters. The maximum absolute atomic E-state index is 5.69. The van der Waals surface area contributed by atoms with Gasteiger partial charge in [0.1, 0.15) is 0 Å². The highest BCUT2D eigenvalue weighted by Gasteiger charge is 2.07. The molecule has 0 amide bonds. The van der Waals surface area contributed by atoms with Gasteiger partial charge in [0.15, 0.2) is 11.5 Å². The average Bonchev–Trinajstić information content (AvgIpc) is 2.61. The second-order valence-corrected chi connectivity index (χ2v) is 5.95. The summed E-state index contributed by atoms with van der Waals surface area (Å²) in [5, 5.41) is 3.59. The molecule has 130 valence electrons. The third-order valence-electron chi connectivity index (χ3n) is 3.97. The van der Waals surface area contributed by atoms with Gasteiger partial charge in [0, 0.05) is 12.6 Å². The lowest BCUT2D eigenvalue weighted by atomic mass is 10.1. The van der Waals surface area contributed by atoms with Crippen LogP contribution in [0.3, 0.4) is 0 Å². The van der Waals surface area contributed by atoms with Crippen molar-refractivity contribution in [2.75, 3.05) is 13.2 Å². The fourth-order valence-corrected chi connectivity index (χ4v) is 2.63. The highest BCUT2D eigenvalue weighted by molar-refractivity contribution is 5.43. The topological polar surface area (TPSA) is 30.5 Å². The van der Waals surface area contributed by atoms with E-state index in [9.17, 15) is 0 Å². The molecule has 0 saturated heterocycles. The Kier molecular flexibility index (Phi) is 7.63. The molecule has 0 radical (unpaired) electrons. The summed E-state index contributed by atoms with van der Waals surface area (Å²) in [6, 6.07) is 17.3. The molecule has 0 aliphatic rings. The Balaban J connectivity index is 1.85. The molecule has 2 aromatic carbocycles. The first-order valence-electron chi connectivity index (χ1n) is 8.88. The smallest absolute Gasteiger partial charge is 0.161 e. The molecule has 0 heterocycles. The standard InChI is InChI=1S/C21H29NO2/c1-4-23-20-14-13-19(15-21(20)24-5-2)16-22-17(3)11-12-18-9-7-6-8-10-18/h6-10,13-15,17,22H,4-5,11-12,16H2,1-3H3/t17-/m0/s1. The molecule has 0 unspecified atom stereocenters. The molecule has 3 heteroatoms. The second-order valence-electron chi connectivity index (χ2n) is 5.95. The van der Waals surface area contributed by atoms with Gasteiger partial charge in [0.2, 0.25) is 0 Å². The summed E-state index contributed by atoms with van der Waals surface area (Å²) in [6.45, 7) is 8.34. The van der Waals surface area contributed by atoms with Crippen LogP contribution in [0.25, 0.3) is 0 Å². The van der Waals surface area contributed by atoms with Crippen molar-refractivity contribution in [2.45, 2.75) is 46.2 Å². The Morgan fingerprint density at radius 1 is 0.875 bits per heavy atom. The Morgan fingerprint density at radius 2 is 1.58 bits per heavy atom. The SMILES string of the molecule is CCOc1ccc(CN[C@@H](C)CCc2ccccc2)cc1OCC. The molecule has 3 nitrogen and oxygen atoms in total. The zero-order valence-corrected chi connectivity index (χ0v) is 15.0. The van der Waals surface area contributed by atoms with E-state index in [1.54, 1.807) is 0 Å². The van der Waals surface area contributed by atoms with E-state index in [1.165, 1.54) is 11.1 Å². The van der Waals surface area contributed by atoms with E-state index >= 15 is 0 Å². The third-order valence-corrected chi connectivity index (χ3v) is 3.97. The first-order chi connectivity index (χ1) is 11.7. The van der Waals surface area contributed by atoms with Crippen molar-refractivity contribution in [1.82, 2.24) is 5.32 Å². The summed E-state index contributed by atoms with van der Waals surface area (Å²) in [7, 11) is 0. The normalized spacial score (nSPS) is 12.0. The Bertz CT molecular complexity index is 598. The quantitative estimate of drug-likeness (QED) is 0.692. The number of nitrogens with one attached hydrogen (secondary N) is 1. The van der Waals surface area contributed by atoms with Crippen LogP contribution in [0, 0.1) is 0 Å². The lowest BCUT2D eigenvalue weighted by Gasteiger charge is -2.16. The fourth-order valence-electron chi connectivity index (χ4n) is 2.63. The molecule has 24 heavy (non-hydrogen) atoms. The molecule has 0 aromatic heterocycles. The predicted octanol–water partition coefficient (Wildman–Crippen LogP) is 4.59. The molecule has 0 aliphatic heterocycles. The molecule has 0 fully saturated rings. The highest BCUT2D eigenvalue weighted by atomic mass is 16.5. The number of rotatable bonds is 10. The maximum Gasteiger partial charge on any atom is 0.161 e. The van der Waals surface area contributed by atoms with Crippen LogP contribution >= 0.6 is 0 Å². The van der Waals surface area contributed by atoms with Crippen molar-refractivity contribution in [3.8, 4) is 11.5 Å². The number of hydrogen-bond acceptors (Lipinski definition) is 3. The van der Waals surface area contributed by atoms with Crippen LogP contribution in [0.1, 0.15) is 38.3 Å². The van der Waals surface area contributed by atoms with Crippen molar-refractivity contribution in [3.05, 3.63) is 59.7 Å². The summed E-state index contributed by atoms with van der Waals surface area (Å²) in [5.74, 6) is 1.65. The Hall–Kier alpha value is -2.00. The van der Waals surface area contributed by atoms with Gasteiger partial charge in [0.05, 0.1) is 13.2 Å². The van der Waals surface area contributed by atoms with Crippen LogP contribution in [0.15, 0.2) is 48.5 Å². The van der Waals surface area contributed by atoms with Crippen molar-refractivity contribution in [3.63, 3.8) is 0 Å². The van der Waals surface area contributed by atoms with Crippen LogP contribution in [-0.4, -0.2) is 19.3 Å². The number of benzene rings is 2. The van der Waals surface area contributed by atoms with E-state index in [-0.39, 0.29) is 0 Å².